The van der Waals surface area contributed by atoms with E-state index in [0.29, 0.717) is 23.2 Å². The third-order valence-corrected chi connectivity index (χ3v) is 14.0. The largest absolute Gasteiger partial charge is 0.371 e. The number of anilines is 1. The number of halogens is 1. The monoisotopic (exact) mass is 688 g/mol. The highest BCUT2D eigenvalue weighted by atomic mass is 32.2. The molecule has 0 N–H and O–H groups in total. The highest BCUT2D eigenvalue weighted by molar-refractivity contribution is 7.92. The van der Waals surface area contributed by atoms with Crippen LogP contribution in [0.5, 0.6) is 0 Å². The molecule has 49 heavy (non-hydrogen) atoms. The van der Waals surface area contributed by atoms with Crippen molar-refractivity contribution in [3.8, 4) is 0 Å². The molecule has 2 aliphatic heterocycles. The van der Waals surface area contributed by atoms with E-state index in [0.717, 1.165) is 94.9 Å². The summed E-state index contributed by atoms with van der Waals surface area (Å²) >= 11 is 0. The van der Waals surface area contributed by atoms with E-state index in [1.807, 2.05) is 24.4 Å². The second-order valence-corrected chi connectivity index (χ2v) is 17.5. The predicted molar refractivity (Wildman–Crippen MR) is 194 cm³/mol. The number of aromatic nitrogens is 2. The fraction of sp³-hybridized carbons (Fsp3) is 0.550. The normalized spacial score (nSPS) is 22.3. The van der Waals surface area contributed by atoms with Gasteiger partial charge in [0.1, 0.15) is 11.6 Å². The predicted octanol–water partition coefficient (Wildman–Crippen LogP) is 7.11. The molecule has 1 aliphatic carbocycles. The average molecular weight is 689 g/mol. The number of ketones is 1. The highest BCUT2D eigenvalue weighted by Crippen LogP contribution is 2.54. The molecule has 3 fully saturated rings. The van der Waals surface area contributed by atoms with E-state index in [2.05, 4.69) is 45.1 Å². The van der Waals surface area contributed by atoms with Crippen molar-refractivity contribution in [2.75, 3.05) is 37.6 Å². The van der Waals surface area contributed by atoms with Gasteiger partial charge >= 0.3 is 0 Å². The average Bonchev–Trinajstić information content (AvgIpc) is 3.74. The molecule has 0 spiro atoms. The summed E-state index contributed by atoms with van der Waals surface area (Å²) in [7, 11) is -3.27. The molecule has 0 unspecified atom stereocenters. The lowest BCUT2D eigenvalue weighted by Gasteiger charge is -2.52. The van der Waals surface area contributed by atoms with E-state index in [1.165, 1.54) is 6.08 Å². The van der Waals surface area contributed by atoms with E-state index in [9.17, 15) is 13.2 Å². The third-order valence-electron chi connectivity index (χ3n) is 11.9. The molecule has 0 bridgehead atoms. The lowest BCUT2D eigenvalue weighted by molar-refractivity contribution is -0.116. The summed E-state index contributed by atoms with van der Waals surface area (Å²) in [5.41, 5.74) is 1.81. The third kappa shape index (κ3) is 7.29. The SMILES string of the molecule is C=CC(=O)C[C@H]1CCC[C@@H]1[C@](Cn1ccnc1CC)(c1cccc(F)c1)C1CCN(CC2CN(c3ccc(S(=O)(=O)C(C)C)cc3)C2)CC1. The van der Waals surface area contributed by atoms with Crippen molar-refractivity contribution in [2.24, 2.45) is 23.7 Å². The molecule has 6 rings (SSSR count). The zero-order valence-corrected chi connectivity index (χ0v) is 30.3. The van der Waals surface area contributed by atoms with Gasteiger partial charge in [-0.1, -0.05) is 32.1 Å². The number of allylic oxidation sites excluding steroid dienone is 1. The van der Waals surface area contributed by atoms with Gasteiger partial charge in [-0.25, -0.2) is 17.8 Å². The van der Waals surface area contributed by atoms with Crippen LogP contribution in [-0.2, 0) is 33.0 Å². The van der Waals surface area contributed by atoms with Crippen LogP contribution in [0.3, 0.4) is 0 Å². The zero-order valence-electron chi connectivity index (χ0n) is 29.4. The number of benzene rings is 2. The van der Waals surface area contributed by atoms with Crippen LogP contribution in [0.25, 0.3) is 0 Å². The van der Waals surface area contributed by atoms with E-state index in [1.54, 1.807) is 38.1 Å². The van der Waals surface area contributed by atoms with E-state index < -0.39 is 15.1 Å². The van der Waals surface area contributed by atoms with Crippen LogP contribution in [0.2, 0.25) is 0 Å². The van der Waals surface area contributed by atoms with E-state index >= 15 is 4.39 Å². The van der Waals surface area contributed by atoms with Gasteiger partial charge in [0.15, 0.2) is 15.6 Å². The first-order valence-electron chi connectivity index (χ1n) is 18.3. The lowest BCUT2D eigenvalue weighted by Crippen LogP contribution is -2.55. The molecule has 3 atom stereocenters. The van der Waals surface area contributed by atoms with Crippen LogP contribution in [-0.4, -0.2) is 66.6 Å². The minimum atomic E-state index is -3.27. The Kier molecular flexibility index (Phi) is 10.8. The van der Waals surface area contributed by atoms with Crippen LogP contribution in [0.4, 0.5) is 10.1 Å². The maximum absolute atomic E-state index is 15.1. The number of hydrogen-bond donors (Lipinski definition) is 0. The summed E-state index contributed by atoms with van der Waals surface area (Å²) in [5.74, 6) is 2.32. The minimum Gasteiger partial charge on any atom is -0.371 e. The number of rotatable bonds is 14. The van der Waals surface area contributed by atoms with E-state index in [4.69, 9.17) is 0 Å². The van der Waals surface area contributed by atoms with Gasteiger partial charge in [0.2, 0.25) is 0 Å². The lowest BCUT2D eigenvalue weighted by atomic mass is 9.56. The maximum atomic E-state index is 15.1. The van der Waals surface area contributed by atoms with Crippen molar-refractivity contribution >= 4 is 21.3 Å². The Morgan fingerprint density at radius 3 is 2.47 bits per heavy atom. The van der Waals surface area contributed by atoms with Gasteiger partial charge in [0.25, 0.3) is 0 Å². The second-order valence-electron chi connectivity index (χ2n) is 15.0. The van der Waals surface area contributed by atoms with Crippen LogP contribution in [0.1, 0.15) is 70.7 Å². The molecule has 3 aromatic rings. The van der Waals surface area contributed by atoms with Gasteiger partial charge in [0, 0.05) is 68.4 Å². The fourth-order valence-electron chi connectivity index (χ4n) is 9.26. The number of aryl methyl sites for hydroxylation is 1. The van der Waals surface area contributed by atoms with Gasteiger partial charge in [-0.15, -0.1) is 0 Å². The molecule has 2 aromatic carbocycles. The topological polar surface area (TPSA) is 75.5 Å². The summed E-state index contributed by atoms with van der Waals surface area (Å²) in [6, 6.07) is 14.7. The maximum Gasteiger partial charge on any atom is 0.180 e. The molecule has 0 radical (unpaired) electrons. The molecule has 264 valence electrons. The molecule has 3 aliphatic rings. The molecule has 7 nitrogen and oxygen atoms in total. The quantitative estimate of drug-likeness (QED) is 0.168. The molecule has 0 amide bonds. The number of piperidine rings is 1. The van der Waals surface area contributed by atoms with E-state index in [-0.39, 0.29) is 28.9 Å². The Bertz CT molecular complexity index is 1710. The van der Waals surface area contributed by atoms with Crippen LogP contribution in [0, 0.1) is 29.5 Å². The Balaban J connectivity index is 1.19. The number of carbonyl (C=O) groups excluding carboxylic acids is 1. The molecule has 2 saturated heterocycles. The number of sulfone groups is 1. The molecular formula is C40H53FN4O3S. The standard InChI is InChI=1S/C40H53FN4O3S/c1-5-36(46)23-31-9-7-12-38(31)40(33-10-8-11-34(41)24-33,28-44-22-19-42-39(44)6-2)32-17-20-43(21-18-32)25-30-26-45(27-30)35-13-15-37(16-14-35)49(47,48)29(3)4/h5,8,10-11,13-16,19,22,24,29-32,38H,1,6-7,9,12,17-18,20-21,23,25-28H2,2-4H3/t31-,38+,40+/m1/s1. The first-order chi connectivity index (χ1) is 23.5. The van der Waals surface area contributed by atoms with Crippen LogP contribution < -0.4 is 4.90 Å². The Morgan fingerprint density at radius 1 is 1.08 bits per heavy atom. The number of imidazole rings is 1. The summed E-state index contributed by atoms with van der Waals surface area (Å²) in [6.07, 6.45) is 11.9. The van der Waals surface area contributed by atoms with Crippen molar-refractivity contribution in [3.63, 3.8) is 0 Å². The van der Waals surface area contributed by atoms with Gasteiger partial charge in [0.05, 0.1) is 10.1 Å². The molecule has 9 heteroatoms. The molecule has 1 aromatic heterocycles. The number of carbonyl (C=O) groups is 1. The van der Waals surface area contributed by atoms with Gasteiger partial charge in [-0.2, -0.15) is 0 Å². The van der Waals surface area contributed by atoms with Crippen molar-refractivity contribution in [3.05, 3.63) is 90.8 Å². The smallest absolute Gasteiger partial charge is 0.180 e. The summed E-state index contributed by atoms with van der Waals surface area (Å²) < 4.78 is 42.5. The molecule has 3 heterocycles. The van der Waals surface area contributed by atoms with Gasteiger partial charge < -0.3 is 14.4 Å². The van der Waals surface area contributed by atoms with Gasteiger partial charge in [-0.05, 0) is 118 Å². The fourth-order valence-corrected chi connectivity index (χ4v) is 10.3. The zero-order chi connectivity index (χ0) is 34.8. The second kappa shape index (κ2) is 14.9. The van der Waals surface area contributed by atoms with Crippen molar-refractivity contribution in [1.82, 2.24) is 14.5 Å². The van der Waals surface area contributed by atoms with Crippen LogP contribution >= 0.6 is 0 Å². The number of hydrogen-bond acceptors (Lipinski definition) is 6. The first kappa shape index (κ1) is 35.5. The summed E-state index contributed by atoms with van der Waals surface area (Å²) in [6.45, 7) is 15.0. The highest BCUT2D eigenvalue weighted by Gasteiger charge is 2.52. The molecule has 1 saturated carbocycles. The Hall–Kier alpha value is -3.30. The molecular weight excluding hydrogens is 636 g/mol. The summed E-state index contributed by atoms with van der Waals surface area (Å²) in [4.78, 5) is 22.8. The van der Waals surface area contributed by atoms with Crippen molar-refractivity contribution in [1.29, 1.82) is 0 Å². The van der Waals surface area contributed by atoms with Crippen LogP contribution in [0.15, 0.2) is 78.5 Å². The Morgan fingerprint density at radius 2 is 1.82 bits per heavy atom. The summed E-state index contributed by atoms with van der Waals surface area (Å²) in [5, 5.41) is -0.435. The minimum absolute atomic E-state index is 0.0998. The van der Waals surface area contributed by atoms with Crippen molar-refractivity contribution in [2.45, 2.75) is 87.8 Å². The van der Waals surface area contributed by atoms with Gasteiger partial charge in [-0.3, -0.25) is 4.79 Å². The Labute approximate surface area is 292 Å². The van der Waals surface area contributed by atoms with Crippen molar-refractivity contribution < 1.29 is 17.6 Å². The number of nitrogens with zero attached hydrogens (tertiary/aromatic N) is 4. The number of likely N-dealkylation sites (tertiary alicyclic amines) is 1. The first-order valence-corrected chi connectivity index (χ1v) is 19.8.